The molecular weight excluding hydrogens is 368 g/mol. The van der Waals surface area contributed by atoms with Crippen molar-refractivity contribution in [1.82, 2.24) is 5.32 Å². The molecule has 0 saturated carbocycles. The quantitative estimate of drug-likeness (QED) is 0.776. The maximum absolute atomic E-state index is 12.4. The van der Waals surface area contributed by atoms with Gasteiger partial charge in [0.25, 0.3) is 0 Å². The summed E-state index contributed by atoms with van der Waals surface area (Å²) in [6.45, 7) is 1.04. The normalized spacial score (nSPS) is 13.1. The summed E-state index contributed by atoms with van der Waals surface area (Å²) in [4.78, 5) is 12.1. The lowest BCUT2D eigenvalue weighted by Crippen LogP contribution is -2.36. The minimum absolute atomic E-state index is 0.0445. The molecule has 0 aliphatic carbocycles. The van der Waals surface area contributed by atoms with Crippen molar-refractivity contribution in [3.63, 3.8) is 0 Å². The first-order chi connectivity index (χ1) is 13.0. The van der Waals surface area contributed by atoms with Gasteiger partial charge in [-0.3, -0.25) is 9.10 Å². The van der Waals surface area contributed by atoms with Crippen molar-refractivity contribution < 1.29 is 22.7 Å². The highest BCUT2D eigenvalue weighted by Crippen LogP contribution is 2.30. The van der Waals surface area contributed by atoms with Gasteiger partial charge in [0.05, 0.1) is 17.9 Å². The second kappa shape index (κ2) is 8.30. The molecule has 8 heteroatoms. The third-order valence-electron chi connectivity index (χ3n) is 4.19. The minimum Gasteiger partial charge on any atom is -0.486 e. The Bertz CT molecular complexity index is 900. The molecule has 0 aromatic heterocycles. The lowest BCUT2D eigenvalue weighted by molar-refractivity contribution is -0.120. The van der Waals surface area contributed by atoms with Crippen LogP contribution in [-0.4, -0.2) is 46.9 Å². The number of amides is 1. The van der Waals surface area contributed by atoms with E-state index in [0.717, 1.165) is 5.56 Å². The third kappa shape index (κ3) is 4.91. The molecule has 0 atom stereocenters. The second-order valence-corrected chi connectivity index (χ2v) is 8.24. The molecule has 1 aliphatic rings. The Morgan fingerprint density at radius 2 is 1.78 bits per heavy atom. The predicted octanol–water partition coefficient (Wildman–Crippen LogP) is 1.58. The van der Waals surface area contributed by atoms with Crippen LogP contribution in [0.3, 0.4) is 0 Å². The lowest BCUT2D eigenvalue weighted by atomic mass is 10.1. The van der Waals surface area contributed by atoms with E-state index in [1.165, 1.54) is 11.4 Å². The zero-order valence-electron chi connectivity index (χ0n) is 15.1. The zero-order valence-corrected chi connectivity index (χ0v) is 15.9. The number of rotatable bonds is 7. The third-order valence-corrected chi connectivity index (χ3v) is 5.96. The molecule has 3 rings (SSSR count). The van der Waals surface area contributed by atoms with Crippen molar-refractivity contribution in [3.8, 4) is 11.5 Å². The van der Waals surface area contributed by atoms with Gasteiger partial charge < -0.3 is 14.8 Å². The van der Waals surface area contributed by atoms with E-state index in [0.29, 0.717) is 30.4 Å². The van der Waals surface area contributed by atoms with Crippen molar-refractivity contribution in [1.29, 1.82) is 0 Å². The molecule has 144 valence electrons. The van der Waals surface area contributed by atoms with E-state index in [9.17, 15) is 13.2 Å². The summed E-state index contributed by atoms with van der Waals surface area (Å²) in [5.41, 5.74) is 1.36. The van der Waals surface area contributed by atoms with Gasteiger partial charge in [-0.05, 0) is 29.8 Å². The number of para-hydroxylation sites is 1. The van der Waals surface area contributed by atoms with Crippen molar-refractivity contribution in [2.75, 3.05) is 36.9 Å². The van der Waals surface area contributed by atoms with Crippen molar-refractivity contribution >= 4 is 21.6 Å². The Labute approximate surface area is 158 Å². The average molecular weight is 390 g/mol. The average Bonchev–Trinajstić information content (AvgIpc) is 2.68. The van der Waals surface area contributed by atoms with Crippen LogP contribution in [-0.2, 0) is 21.2 Å². The monoisotopic (exact) mass is 390 g/mol. The van der Waals surface area contributed by atoms with E-state index in [-0.39, 0.29) is 24.6 Å². The van der Waals surface area contributed by atoms with Crippen molar-refractivity contribution in [3.05, 3.63) is 54.1 Å². The van der Waals surface area contributed by atoms with Gasteiger partial charge in [0.1, 0.15) is 13.2 Å². The maximum Gasteiger partial charge on any atom is 0.236 e. The molecular formula is C19H22N2O5S. The van der Waals surface area contributed by atoms with E-state index >= 15 is 0 Å². The first-order valence-electron chi connectivity index (χ1n) is 8.62. The smallest absolute Gasteiger partial charge is 0.236 e. The van der Waals surface area contributed by atoms with Gasteiger partial charge in [-0.1, -0.05) is 24.3 Å². The molecule has 0 spiro atoms. The Morgan fingerprint density at radius 3 is 2.52 bits per heavy atom. The number of carbonyl (C=O) groups excluding carboxylic acids is 1. The lowest BCUT2D eigenvalue weighted by Gasteiger charge is -2.19. The second-order valence-electron chi connectivity index (χ2n) is 6.12. The van der Waals surface area contributed by atoms with Gasteiger partial charge >= 0.3 is 0 Å². The number of ether oxygens (including phenoxy) is 2. The predicted molar refractivity (Wildman–Crippen MR) is 103 cm³/mol. The van der Waals surface area contributed by atoms with E-state index in [1.807, 2.05) is 6.07 Å². The first-order valence-corrected chi connectivity index (χ1v) is 10.2. The summed E-state index contributed by atoms with van der Waals surface area (Å²) in [7, 11) is -2.01. The summed E-state index contributed by atoms with van der Waals surface area (Å²) in [6, 6.07) is 14.2. The molecule has 0 unspecified atom stereocenters. The molecule has 1 amide bonds. The van der Waals surface area contributed by atoms with Gasteiger partial charge in [-0.2, -0.15) is 0 Å². The fourth-order valence-corrected chi connectivity index (χ4v) is 3.78. The largest absolute Gasteiger partial charge is 0.486 e. The standard InChI is InChI=1S/C19H22N2O5S/c1-21(16-5-3-2-4-6-16)27(23,24)12-9-20-19(22)14-15-7-8-17-18(13-15)26-11-10-25-17/h2-8,13H,9-12,14H2,1H3,(H,20,22). The number of benzene rings is 2. The van der Waals surface area contributed by atoms with Gasteiger partial charge in [0.2, 0.25) is 15.9 Å². The van der Waals surface area contributed by atoms with Crippen LogP contribution >= 0.6 is 0 Å². The summed E-state index contributed by atoms with van der Waals surface area (Å²) in [5.74, 6) is 0.869. The molecule has 7 nitrogen and oxygen atoms in total. The summed E-state index contributed by atoms with van der Waals surface area (Å²) < 4.78 is 36.9. The minimum atomic E-state index is -3.51. The van der Waals surface area contributed by atoms with E-state index in [1.54, 1.807) is 42.5 Å². The van der Waals surface area contributed by atoms with E-state index in [2.05, 4.69) is 5.32 Å². The van der Waals surface area contributed by atoms with Gasteiger partial charge in [-0.15, -0.1) is 0 Å². The van der Waals surface area contributed by atoms with Crippen molar-refractivity contribution in [2.45, 2.75) is 6.42 Å². The molecule has 0 saturated heterocycles. The Balaban J connectivity index is 1.50. The van der Waals surface area contributed by atoms with Gasteiger partial charge in [0.15, 0.2) is 11.5 Å². The van der Waals surface area contributed by atoms with E-state index < -0.39 is 10.0 Å². The molecule has 27 heavy (non-hydrogen) atoms. The highest BCUT2D eigenvalue weighted by molar-refractivity contribution is 7.92. The number of hydrogen-bond donors (Lipinski definition) is 1. The SMILES string of the molecule is CN(c1ccccc1)S(=O)(=O)CCNC(=O)Cc1ccc2c(c1)OCCO2. The van der Waals surface area contributed by atoms with Crippen molar-refractivity contribution in [2.24, 2.45) is 0 Å². The van der Waals surface area contributed by atoms with Crippen LogP contribution < -0.4 is 19.1 Å². The van der Waals surface area contributed by atoms with Crippen LogP contribution in [0.25, 0.3) is 0 Å². The highest BCUT2D eigenvalue weighted by atomic mass is 32.2. The van der Waals surface area contributed by atoms with Crippen LogP contribution in [0.1, 0.15) is 5.56 Å². The van der Waals surface area contributed by atoms with E-state index in [4.69, 9.17) is 9.47 Å². The summed E-state index contributed by atoms with van der Waals surface area (Å²) >= 11 is 0. The molecule has 2 aromatic rings. The Hall–Kier alpha value is -2.74. The number of fused-ring (bicyclic) bond motifs is 1. The number of nitrogens with zero attached hydrogens (tertiary/aromatic N) is 1. The molecule has 0 radical (unpaired) electrons. The highest BCUT2D eigenvalue weighted by Gasteiger charge is 2.18. The number of anilines is 1. The van der Waals surface area contributed by atoms with Gasteiger partial charge in [0, 0.05) is 13.6 Å². The molecule has 0 bridgehead atoms. The fraction of sp³-hybridized carbons (Fsp3) is 0.316. The summed E-state index contributed by atoms with van der Waals surface area (Å²) in [5, 5.41) is 2.66. The Kier molecular flexibility index (Phi) is 5.85. The molecule has 2 aromatic carbocycles. The maximum atomic E-state index is 12.4. The van der Waals surface area contributed by atoms with Crippen LogP contribution in [0, 0.1) is 0 Å². The van der Waals surface area contributed by atoms with Crippen LogP contribution in [0.2, 0.25) is 0 Å². The first kappa shape index (κ1) is 19.0. The summed E-state index contributed by atoms with van der Waals surface area (Å²) in [6.07, 6.45) is 0.144. The number of carbonyl (C=O) groups is 1. The number of hydrogen-bond acceptors (Lipinski definition) is 5. The van der Waals surface area contributed by atoms with Crippen LogP contribution in [0.15, 0.2) is 48.5 Å². The zero-order chi connectivity index (χ0) is 19.3. The van der Waals surface area contributed by atoms with Gasteiger partial charge in [-0.25, -0.2) is 8.42 Å². The molecule has 1 N–H and O–H groups in total. The molecule has 0 fully saturated rings. The Morgan fingerprint density at radius 1 is 1.07 bits per heavy atom. The molecule has 1 heterocycles. The number of sulfonamides is 1. The topological polar surface area (TPSA) is 84.9 Å². The fourth-order valence-electron chi connectivity index (χ4n) is 2.70. The van der Waals surface area contributed by atoms with Crippen LogP contribution in [0.4, 0.5) is 5.69 Å². The molecule has 1 aliphatic heterocycles. The van der Waals surface area contributed by atoms with Crippen LogP contribution in [0.5, 0.6) is 11.5 Å². The number of nitrogens with one attached hydrogen (secondary N) is 1.